The largest absolute Gasteiger partial charge is 0.497 e. The molecule has 0 unspecified atom stereocenters. The lowest BCUT2D eigenvalue weighted by molar-refractivity contribution is 0.301. The van der Waals surface area contributed by atoms with Gasteiger partial charge in [0.05, 0.1) is 30.9 Å². The summed E-state index contributed by atoms with van der Waals surface area (Å²) < 4.78 is 12.7. The molecule has 0 aliphatic rings. The van der Waals surface area contributed by atoms with Crippen LogP contribution < -0.4 is 14.9 Å². The van der Waals surface area contributed by atoms with E-state index in [1.165, 1.54) is 11.3 Å². The zero-order chi connectivity index (χ0) is 24.7. The maximum Gasteiger partial charge on any atom is 0.203 e. The smallest absolute Gasteiger partial charge is 0.203 e. The van der Waals surface area contributed by atoms with Gasteiger partial charge < -0.3 is 9.47 Å². The van der Waals surface area contributed by atoms with Gasteiger partial charge in [-0.3, -0.25) is 5.43 Å². The monoisotopic (exact) mass is 516 g/mol. The lowest BCUT2D eigenvalue weighted by Crippen LogP contribution is -1.96. The molecule has 0 aliphatic carbocycles. The number of hydrogen-bond donors (Lipinski definition) is 1. The van der Waals surface area contributed by atoms with Crippen LogP contribution in [0.25, 0.3) is 16.9 Å². The zero-order valence-corrected chi connectivity index (χ0v) is 20.8. The van der Waals surface area contributed by atoms with Crippen LogP contribution in [0.2, 0.25) is 5.02 Å². The van der Waals surface area contributed by atoms with Gasteiger partial charge in [-0.2, -0.15) is 5.10 Å². The van der Waals surface area contributed by atoms with Crippen molar-refractivity contribution in [2.45, 2.75) is 6.61 Å². The van der Waals surface area contributed by atoms with Crippen LogP contribution in [0.5, 0.6) is 11.5 Å². The predicted molar refractivity (Wildman–Crippen MR) is 142 cm³/mol. The minimum atomic E-state index is 0.311. The van der Waals surface area contributed by atoms with Gasteiger partial charge >= 0.3 is 0 Å². The van der Waals surface area contributed by atoms with Gasteiger partial charge in [-0.15, -0.1) is 16.4 Å². The number of anilines is 1. The van der Waals surface area contributed by atoms with Gasteiger partial charge in [0.2, 0.25) is 5.13 Å². The van der Waals surface area contributed by atoms with E-state index in [0.717, 1.165) is 39.7 Å². The summed E-state index contributed by atoms with van der Waals surface area (Å²) in [7, 11) is 1.64. The first kappa shape index (κ1) is 23.5. The van der Waals surface area contributed by atoms with Crippen molar-refractivity contribution in [1.29, 1.82) is 0 Å². The van der Waals surface area contributed by atoms with E-state index >= 15 is 0 Å². The number of rotatable bonds is 9. The number of nitrogens with one attached hydrogen (secondary N) is 1. The Hall–Kier alpha value is -4.21. The number of hydrogen-bond acceptors (Lipinski definition) is 8. The Balaban J connectivity index is 1.12. The molecule has 0 saturated carbocycles. The molecular formula is C26H21ClN6O2S. The van der Waals surface area contributed by atoms with E-state index in [2.05, 4.69) is 25.8 Å². The van der Waals surface area contributed by atoms with Crippen molar-refractivity contribution in [3.05, 3.63) is 101 Å². The summed E-state index contributed by atoms with van der Waals surface area (Å²) in [4.78, 5) is 4.55. The Bertz CT molecular complexity index is 1450. The molecule has 3 aromatic carbocycles. The highest BCUT2D eigenvalue weighted by Crippen LogP contribution is 2.26. The summed E-state index contributed by atoms with van der Waals surface area (Å²) in [5.74, 6) is 1.52. The fraction of sp³-hybridized carbons (Fsp3) is 0.0769. The molecule has 0 atom stereocenters. The second kappa shape index (κ2) is 11.0. The first-order valence-electron chi connectivity index (χ1n) is 11.0. The summed E-state index contributed by atoms with van der Waals surface area (Å²) >= 11 is 7.44. The number of thiazole rings is 1. The second-order valence-electron chi connectivity index (χ2n) is 7.62. The average Bonchev–Trinajstić information content (AvgIpc) is 3.59. The van der Waals surface area contributed by atoms with Crippen LogP contribution in [0.3, 0.4) is 0 Å². The van der Waals surface area contributed by atoms with Gasteiger partial charge in [-0.05, 0) is 66.2 Å². The maximum absolute atomic E-state index is 5.95. The number of ether oxygens (including phenoxy) is 2. The summed E-state index contributed by atoms with van der Waals surface area (Å²) in [5, 5.41) is 16.0. The van der Waals surface area contributed by atoms with E-state index in [0.29, 0.717) is 16.8 Å². The van der Waals surface area contributed by atoms with E-state index in [4.69, 9.17) is 21.1 Å². The van der Waals surface area contributed by atoms with Crippen LogP contribution in [-0.4, -0.2) is 33.3 Å². The number of methoxy groups -OCH3 is 1. The normalized spacial score (nSPS) is 11.1. The van der Waals surface area contributed by atoms with Gasteiger partial charge in [0.15, 0.2) is 0 Å². The first-order chi connectivity index (χ1) is 17.7. The molecule has 5 aromatic rings. The predicted octanol–water partition coefficient (Wildman–Crippen LogP) is 6.08. The third-order valence-corrected chi connectivity index (χ3v) is 6.16. The molecule has 2 aromatic heterocycles. The molecule has 8 nitrogen and oxygen atoms in total. The summed E-state index contributed by atoms with van der Waals surface area (Å²) in [5.41, 5.74) is 7.40. The third kappa shape index (κ3) is 5.88. The SMILES string of the molecule is COc1ccc(-n2cc(COc3ccc(/C=N/Nc4nc(-c5ccc(Cl)cc5)cs4)cc3)nn2)cc1. The molecule has 1 N–H and O–H groups in total. The molecule has 0 bridgehead atoms. The number of halogens is 1. The van der Waals surface area contributed by atoms with E-state index in [1.807, 2.05) is 84.4 Å². The lowest BCUT2D eigenvalue weighted by atomic mass is 10.2. The van der Waals surface area contributed by atoms with Crippen molar-refractivity contribution < 1.29 is 9.47 Å². The molecule has 0 amide bonds. The third-order valence-electron chi connectivity index (χ3n) is 5.16. The minimum Gasteiger partial charge on any atom is -0.497 e. The van der Waals surface area contributed by atoms with Crippen LogP contribution in [0.1, 0.15) is 11.3 Å². The van der Waals surface area contributed by atoms with Crippen molar-refractivity contribution in [2.24, 2.45) is 5.10 Å². The summed E-state index contributed by atoms with van der Waals surface area (Å²) in [6.45, 7) is 0.311. The van der Waals surface area contributed by atoms with Gasteiger partial charge in [-0.1, -0.05) is 28.9 Å². The fourth-order valence-electron chi connectivity index (χ4n) is 3.27. The molecule has 0 aliphatic heterocycles. The molecule has 0 radical (unpaired) electrons. The zero-order valence-electron chi connectivity index (χ0n) is 19.2. The molecule has 0 fully saturated rings. The van der Waals surface area contributed by atoms with Gasteiger partial charge in [0.1, 0.15) is 23.8 Å². The van der Waals surface area contributed by atoms with E-state index in [-0.39, 0.29) is 0 Å². The molecule has 0 spiro atoms. The Morgan fingerprint density at radius 3 is 2.50 bits per heavy atom. The number of aromatic nitrogens is 4. The molecular weight excluding hydrogens is 496 g/mol. The Morgan fingerprint density at radius 2 is 1.75 bits per heavy atom. The molecule has 2 heterocycles. The Morgan fingerprint density at radius 1 is 1.00 bits per heavy atom. The van der Waals surface area contributed by atoms with Crippen molar-refractivity contribution in [3.63, 3.8) is 0 Å². The fourth-order valence-corrected chi connectivity index (χ4v) is 4.07. The first-order valence-corrected chi connectivity index (χ1v) is 12.2. The second-order valence-corrected chi connectivity index (χ2v) is 8.92. The van der Waals surface area contributed by atoms with Crippen molar-refractivity contribution in [1.82, 2.24) is 20.0 Å². The highest BCUT2D eigenvalue weighted by Gasteiger charge is 2.06. The standard InChI is InChI=1S/C26H21ClN6O2S/c1-34-23-12-8-22(9-13-23)33-15-21(30-32-33)16-35-24-10-2-18(3-11-24)14-28-31-26-29-25(17-36-26)19-4-6-20(27)7-5-19/h2-15,17H,16H2,1H3,(H,29,31)/b28-14+. The van der Waals surface area contributed by atoms with Crippen molar-refractivity contribution in [3.8, 4) is 28.4 Å². The van der Waals surface area contributed by atoms with Gasteiger partial charge in [0, 0.05) is 16.0 Å². The molecule has 0 saturated heterocycles. The van der Waals surface area contributed by atoms with Crippen LogP contribution in [-0.2, 0) is 6.61 Å². The average molecular weight is 517 g/mol. The van der Waals surface area contributed by atoms with Crippen LogP contribution in [0.4, 0.5) is 5.13 Å². The van der Waals surface area contributed by atoms with E-state index in [1.54, 1.807) is 18.0 Å². The van der Waals surface area contributed by atoms with Crippen LogP contribution in [0.15, 0.2) is 89.5 Å². The van der Waals surface area contributed by atoms with Gasteiger partial charge in [-0.25, -0.2) is 9.67 Å². The molecule has 180 valence electrons. The number of benzene rings is 3. The summed E-state index contributed by atoms with van der Waals surface area (Å²) in [6, 6.07) is 22.8. The van der Waals surface area contributed by atoms with Crippen molar-refractivity contribution in [2.75, 3.05) is 12.5 Å². The van der Waals surface area contributed by atoms with E-state index in [9.17, 15) is 0 Å². The maximum atomic E-state index is 5.95. The minimum absolute atomic E-state index is 0.311. The quantitative estimate of drug-likeness (QED) is 0.189. The summed E-state index contributed by atoms with van der Waals surface area (Å²) in [6.07, 6.45) is 3.57. The lowest BCUT2D eigenvalue weighted by Gasteiger charge is -2.04. The van der Waals surface area contributed by atoms with Crippen LogP contribution in [0, 0.1) is 0 Å². The Kier molecular flexibility index (Phi) is 7.20. The highest BCUT2D eigenvalue weighted by atomic mass is 35.5. The van der Waals surface area contributed by atoms with Crippen molar-refractivity contribution >= 4 is 34.3 Å². The van der Waals surface area contributed by atoms with E-state index < -0.39 is 0 Å². The van der Waals surface area contributed by atoms with Gasteiger partial charge in [0.25, 0.3) is 0 Å². The number of hydrazone groups is 1. The molecule has 5 rings (SSSR count). The molecule has 36 heavy (non-hydrogen) atoms. The Labute approximate surface area is 216 Å². The molecule has 10 heteroatoms. The number of nitrogens with zero attached hydrogens (tertiary/aromatic N) is 5. The van der Waals surface area contributed by atoms with Crippen LogP contribution >= 0.6 is 22.9 Å². The topological polar surface area (TPSA) is 86.5 Å². The highest BCUT2D eigenvalue weighted by molar-refractivity contribution is 7.14.